The third-order valence-corrected chi connectivity index (χ3v) is 4.99. The maximum atomic E-state index is 13.8. The number of alkyl halides is 3. The van der Waals surface area contributed by atoms with Crippen molar-refractivity contribution in [2.75, 3.05) is 23.6 Å². The van der Waals surface area contributed by atoms with E-state index < -0.39 is 33.4 Å². The molecule has 0 radical (unpaired) electrons. The minimum atomic E-state index is -4.86. The van der Waals surface area contributed by atoms with E-state index in [1.807, 2.05) is 0 Å². The number of hydrogen-bond acceptors (Lipinski definition) is 6. The molecule has 1 aromatic heterocycles. The number of aromatic nitrogens is 2. The van der Waals surface area contributed by atoms with Crippen molar-refractivity contribution in [3.05, 3.63) is 71.0 Å². The zero-order chi connectivity index (χ0) is 24.9. The lowest BCUT2D eigenvalue weighted by Gasteiger charge is -2.13. The first-order valence-electron chi connectivity index (χ1n) is 9.46. The van der Waals surface area contributed by atoms with Gasteiger partial charge in [-0.2, -0.15) is 18.3 Å². The summed E-state index contributed by atoms with van der Waals surface area (Å²) in [6.07, 6.45) is -2.03. The van der Waals surface area contributed by atoms with Crippen LogP contribution in [-0.2, 0) is 16.2 Å². The third kappa shape index (κ3) is 6.71. The molecule has 0 aliphatic rings. The van der Waals surface area contributed by atoms with Gasteiger partial charge in [0.2, 0.25) is 10.0 Å². The van der Waals surface area contributed by atoms with E-state index in [1.165, 1.54) is 36.4 Å². The van der Waals surface area contributed by atoms with Crippen LogP contribution in [0, 0.1) is 0 Å². The number of nitrogens with zero attached hydrogens (tertiary/aromatic N) is 3. The maximum absolute atomic E-state index is 13.8. The van der Waals surface area contributed by atoms with Crippen LogP contribution in [0.5, 0.6) is 0 Å². The summed E-state index contributed by atoms with van der Waals surface area (Å²) < 4.78 is 66.1. The van der Waals surface area contributed by atoms with Crippen LogP contribution in [-0.4, -0.2) is 43.4 Å². The van der Waals surface area contributed by atoms with E-state index in [1.54, 1.807) is 12.1 Å². The Balaban J connectivity index is 1.77. The predicted octanol–water partition coefficient (Wildman–Crippen LogP) is 3.74. The second-order valence-corrected chi connectivity index (χ2v) is 9.08. The van der Waals surface area contributed by atoms with Crippen LogP contribution >= 0.6 is 11.6 Å². The normalized spacial score (nSPS) is 12.0. The summed E-state index contributed by atoms with van der Waals surface area (Å²) >= 11 is 5.80. The number of halogens is 4. The zero-order valence-corrected chi connectivity index (χ0v) is 19.0. The molecule has 34 heavy (non-hydrogen) atoms. The lowest BCUT2D eigenvalue weighted by molar-refractivity contribution is -0.143. The number of sulfonamides is 1. The van der Waals surface area contributed by atoms with Crippen molar-refractivity contribution in [3.63, 3.8) is 0 Å². The van der Waals surface area contributed by atoms with Crippen LogP contribution in [0.1, 0.15) is 16.1 Å². The lowest BCUT2D eigenvalue weighted by atomic mass is 10.2. The average molecular weight is 515 g/mol. The van der Waals surface area contributed by atoms with Gasteiger partial charge >= 0.3 is 6.18 Å². The van der Waals surface area contributed by atoms with Crippen molar-refractivity contribution < 1.29 is 26.4 Å². The highest BCUT2D eigenvalue weighted by Crippen LogP contribution is 2.34. The van der Waals surface area contributed by atoms with E-state index in [2.05, 4.69) is 25.4 Å². The highest BCUT2D eigenvalue weighted by Gasteiger charge is 2.40. The first-order chi connectivity index (χ1) is 15.9. The molecular formula is C20H18ClF3N6O3S. The predicted molar refractivity (Wildman–Crippen MR) is 123 cm³/mol. The second-order valence-electron chi connectivity index (χ2n) is 6.86. The molecule has 9 nitrogen and oxygen atoms in total. The molecule has 3 aromatic rings. The molecule has 1 heterocycles. The minimum absolute atomic E-state index is 0.00596. The molecule has 0 unspecified atom stereocenters. The van der Waals surface area contributed by atoms with Crippen molar-refractivity contribution in [2.45, 2.75) is 6.18 Å². The van der Waals surface area contributed by atoms with E-state index in [-0.39, 0.29) is 18.0 Å². The van der Waals surface area contributed by atoms with Gasteiger partial charge in [0.05, 0.1) is 30.0 Å². The first-order valence-corrected chi connectivity index (χ1v) is 11.7. The number of carbonyl (C=O) groups excluding carboxylic acids is 1. The first kappa shape index (κ1) is 25.1. The summed E-state index contributed by atoms with van der Waals surface area (Å²) in [5.74, 6) is -1.000. The van der Waals surface area contributed by atoms with E-state index in [0.29, 0.717) is 15.4 Å². The maximum Gasteiger partial charge on any atom is 0.434 e. The summed E-state index contributed by atoms with van der Waals surface area (Å²) in [5, 5.41) is 9.38. The monoisotopic (exact) mass is 514 g/mol. The molecule has 0 fully saturated rings. The number of carbonyl (C=O) groups is 1. The largest absolute Gasteiger partial charge is 0.434 e. The highest BCUT2D eigenvalue weighted by molar-refractivity contribution is 7.89. The van der Waals surface area contributed by atoms with Crippen LogP contribution in [0.2, 0.25) is 5.02 Å². The molecular weight excluding hydrogens is 497 g/mol. The Morgan fingerprint density at radius 1 is 1.18 bits per heavy atom. The number of anilines is 2. The number of hydrogen-bond donors (Lipinski definition) is 3. The van der Waals surface area contributed by atoms with Crippen LogP contribution in [0.4, 0.5) is 24.5 Å². The molecule has 3 rings (SSSR count). The van der Waals surface area contributed by atoms with Gasteiger partial charge in [0.1, 0.15) is 6.67 Å². The summed E-state index contributed by atoms with van der Waals surface area (Å²) in [7, 11) is -3.42. The lowest BCUT2D eigenvalue weighted by Crippen LogP contribution is -2.21. The Labute approximate surface area is 197 Å². The Bertz CT molecular complexity index is 1310. The molecule has 1 amide bonds. The Morgan fingerprint density at radius 3 is 2.50 bits per heavy atom. The highest BCUT2D eigenvalue weighted by atomic mass is 35.5. The summed E-state index contributed by atoms with van der Waals surface area (Å²) in [6, 6.07) is 11.7. The van der Waals surface area contributed by atoms with Crippen LogP contribution in [0.3, 0.4) is 0 Å². The fraction of sp³-hybridized carbons (Fsp3) is 0.150. The van der Waals surface area contributed by atoms with Gasteiger partial charge in [0, 0.05) is 16.4 Å². The van der Waals surface area contributed by atoms with Crippen LogP contribution < -0.4 is 15.4 Å². The van der Waals surface area contributed by atoms with Gasteiger partial charge < -0.3 is 10.6 Å². The summed E-state index contributed by atoms with van der Waals surface area (Å²) in [4.78, 5) is 16.5. The molecule has 0 aliphatic heterocycles. The molecule has 0 atom stereocenters. The minimum Gasteiger partial charge on any atom is -0.366 e. The molecule has 0 spiro atoms. The van der Waals surface area contributed by atoms with E-state index in [0.717, 1.165) is 18.8 Å². The Kier molecular flexibility index (Phi) is 7.47. The number of nitrogens with one attached hydrogen (secondary N) is 3. The van der Waals surface area contributed by atoms with Crippen molar-refractivity contribution >= 4 is 45.2 Å². The zero-order valence-electron chi connectivity index (χ0n) is 17.5. The molecule has 3 N–H and O–H groups in total. The standard InChI is InChI=1S/C20H18ClF3N6O3S/c1-34(32,33)28-12-25-11-26-14-3-2-4-15(9-14)29-19(31)17-10-27-30(18(17)20(22,23)24)16-7-5-13(21)6-8-16/h2-10,12,26H,11H2,1H3,(H,25,28)(H,29,31). The Morgan fingerprint density at radius 2 is 1.85 bits per heavy atom. The fourth-order valence-electron chi connectivity index (χ4n) is 2.79. The Hall–Kier alpha value is -3.58. The molecule has 2 aromatic carbocycles. The second kappa shape index (κ2) is 10.1. The molecule has 0 bridgehead atoms. The van der Waals surface area contributed by atoms with Gasteiger partial charge in [-0.3, -0.25) is 14.5 Å². The molecule has 14 heteroatoms. The number of aliphatic imine (C=N–C) groups is 1. The van der Waals surface area contributed by atoms with Gasteiger partial charge in [0.15, 0.2) is 5.69 Å². The third-order valence-electron chi connectivity index (χ3n) is 4.21. The average Bonchev–Trinajstić information content (AvgIpc) is 3.19. The van der Waals surface area contributed by atoms with E-state index >= 15 is 0 Å². The van der Waals surface area contributed by atoms with Gasteiger partial charge in [0.25, 0.3) is 5.91 Å². The molecule has 0 saturated heterocycles. The summed E-state index contributed by atoms with van der Waals surface area (Å²) in [6.45, 7) is 0.00596. The van der Waals surface area contributed by atoms with Gasteiger partial charge in [-0.1, -0.05) is 17.7 Å². The van der Waals surface area contributed by atoms with Crippen LogP contribution in [0.15, 0.2) is 59.7 Å². The smallest absolute Gasteiger partial charge is 0.366 e. The summed E-state index contributed by atoms with van der Waals surface area (Å²) in [5.41, 5.74) is -1.08. The van der Waals surface area contributed by atoms with E-state index in [9.17, 15) is 26.4 Å². The topological polar surface area (TPSA) is 117 Å². The van der Waals surface area contributed by atoms with Gasteiger partial charge in [-0.15, -0.1) is 0 Å². The number of rotatable bonds is 8. The quantitative estimate of drug-likeness (QED) is 0.313. The molecule has 0 aliphatic carbocycles. The van der Waals surface area contributed by atoms with Crippen molar-refractivity contribution in [1.82, 2.24) is 14.5 Å². The molecule has 180 valence electrons. The van der Waals surface area contributed by atoms with Crippen molar-refractivity contribution in [2.24, 2.45) is 4.99 Å². The van der Waals surface area contributed by atoms with Gasteiger partial charge in [-0.25, -0.2) is 13.1 Å². The van der Waals surface area contributed by atoms with Gasteiger partial charge in [-0.05, 0) is 42.5 Å². The molecule has 0 saturated carbocycles. The van der Waals surface area contributed by atoms with Crippen molar-refractivity contribution in [1.29, 1.82) is 0 Å². The SMILES string of the molecule is CS(=O)(=O)NC=NCNc1cccc(NC(=O)c2cnn(-c3ccc(Cl)cc3)c2C(F)(F)F)c1. The van der Waals surface area contributed by atoms with Crippen LogP contribution in [0.25, 0.3) is 5.69 Å². The fourth-order valence-corrected chi connectivity index (χ4v) is 3.18. The van der Waals surface area contributed by atoms with E-state index in [4.69, 9.17) is 11.6 Å². The number of amides is 1. The number of benzene rings is 2. The van der Waals surface area contributed by atoms with Crippen molar-refractivity contribution in [3.8, 4) is 5.69 Å².